The van der Waals surface area contributed by atoms with E-state index >= 15 is 0 Å². The van der Waals surface area contributed by atoms with Crippen LogP contribution in [0.3, 0.4) is 0 Å². The third-order valence-electron chi connectivity index (χ3n) is 3.60. The van der Waals surface area contributed by atoms with Crippen molar-refractivity contribution < 1.29 is 9.90 Å². The van der Waals surface area contributed by atoms with E-state index < -0.39 is 5.97 Å². The van der Waals surface area contributed by atoms with Gasteiger partial charge in [-0.3, -0.25) is 4.79 Å². The molecular formula is C18H14ClNO2S. The van der Waals surface area contributed by atoms with Gasteiger partial charge in [-0.05, 0) is 17.2 Å². The molecule has 1 unspecified atom stereocenters. The van der Waals surface area contributed by atoms with Crippen molar-refractivity contribution in [2.24, 2.45) is 0 Å². The van der Waals surface area contributed by atoms with Gasteiger partial charge in [0.15, 0.2) is 0 Å². The summed E-state index contributed by atoms with van der Waals surface area (Å²) < 4.78 is 0. The summed E-state index contributed by atoms with van der Waals surface area (Å²) in [5.74, 6) is -1.09. The lowest BCUT2D eigenvalue weighted by Gasteiger charge is -2.14. The van der Waals surface area contributed by atoms with Crippen molar-refractivity contribution in [1.82, 2.24) is 4.98 Å². The highest BCUT2D eigenvalue weighted by Gasteiger charge is 2.20. The predicted octanol–water partition coefficient (Wildman–Crippen LogP) is 5.07. The number of carboxylic acids is 1. The molecule has 0 saturated carbocycles. The molecule has 116 valence electrons. The smallest absolute Gasteiger partial charge is 0.304 e. The summed E-state index contributed by atoms with van der Waals surface area (Å²) >= 11 is 7.74. The largest absolute Gasteiger partial charge is 0.481 e. The van der Waals surface area contributed by atoms with Crippen molar-refractivity contribution in [3.05, 3.63) is 75.7 Å². The fraction of sp³-hybridized carbons (Fsp3) is 0.111. The molecule has 1 aromatic heterocycles. The van der Waals surface area contributed by atoms with E-state index in [4.69, 9.17) is 11.6 Å². The summed E-state index contributed by atoms with van der Waals surface area (Å²) in [4.78, 5) is 15.5. The van der Waals surface area contributed by atoms with Crippen molar-refractivity contribution in [2.75, 3.05) is 0 Å². The molecule has 0 aliphatic heterocycles. The van der Waals surface area contributed by atoms with Gasteiger partial charge in [-0.1, -0.05) is 54.1 Å². The minimum absolute atomic E-state index is 0.0134. The van der Waals surface area contributed by atoms with Crippen LogP contribution in [0.25, 0.3) is 11.1 Å². The Hall–Kier alpha value is -2.17. The Morgan fingerprint density at radius 3 is 2.74 bits per heavy atom. The van der Waals surface area contributed by atoms with Gasteiger partial charge in [-0.25, -0.2) is 4.98 Å². The minimum Gasteiger partial charge on any atom is -0.481 e. The lowest BCUT2D eigenvalue weighted by atomic mass is 9.93. The van der Waals surface area contributed by atoms with Crippen LogP contribution in [0.2, 0.25) is 5.02 Å². The van der Waals surface area contributed by atoms with Crippen LogP contribution in [0.1, 0.15) is 22.9 Å². The normalized spacial score (nSPS) is 12.0. The highest BCUT2D eigenvalue weighted by atomic mass is 35.5. The van der Waals surface area contributed by atoms with Crippen LogP contribution in [0, 0.1) is 0 Å². The first-order valence-corrected chi connectivity index (χ1v) is 8.37. The van der Waals surface area contributed by atoms with E-state index in [1.165, 1.54) is 11.3 Å². The minimum atomic E-state index is -0.839. The zero-order valence-corrected chi connectivity index (χ0v) is 13.7. The molecule has 0 aliphatic rings. The van der Waals surface area contributed by atoms with E-state index in [0.717, 1.165) is 21.7 Å². The zero-order chi connectivity index (χ0) is 16.2. The number of hydrogen-bond acceptors (Lipinski definition) is 3. The summed E-state index contributed by atoms with van der Waals surface area (Å²) in [6.45, 7) is 0. The molecule has 1 N–H and O–H groups in total. The molecule has 3 aromatic rings. The third kappa shape index (κ3) is 3.60. The third-order valence-corrected chi connectivity index (χ3v) is 4.82. The summed E-state index contributed by atoms with van der Waals surface area (Å²) in [5.41, 5.74) is 2.84. The van der Waals surface area contributed by atoms with Gasteiger partial charge in [0.2, 0.25) is 0 Å². The van der Waals surface area contributed by atoms with Gasteiger partial charge in [0.05, 0.1) is 6.42 Å². The Bertz CT molecular complexity index is 817. The topological polar surface area (TPSA) is 50.2 Å². The van der Waals surface area contributed by atoms with E-state index in [9.17, 15) is 9.90 Å². The van der Waals surface area contributed by atoms with Gasteiger partial charge in [-0.2, -0.15) is 0 Å². The molecule has 1 heterocycles. The standard InChI is InChI=1S/C18H14ClNO2S/c19-16-7-2-1-6-14(16)12-4-3-5-13(10-12)15(11-17(21)22)18-20-8-9-23-18/h1-10,15H,11H2,(H,21,22). The fourth-order valence-corrected chi connectivity index (χ4v) is 3.56. The van der Waals surface area contributed by atoms with Gasteiger partial charge in [0.25, 0.3) is 0 Å². The molecular weight excluding hydrogens is 330 g/mol. The zero-order valence-electron chi connectivity index (χ0n) is 12.1. The average Bonchev–Trinajstić information content (AvgIpc) is 3.07. The number of carbonyl (C=O) groups is 1. The number of benzene rings is 2. The molecule has 0 bridgehead atoms. The molecule has 3 nitrogen and oxygen atoms in total. The molecule has 1 atom stereocenters. The van der Waals surface area contributed by atoms with Crippen LogP contribution in [-0.2, 0) is 4.79 Å². The molecule has 5 heteroatoms. The molecule has 0 aliphatic carbocycles. The molecule has 0 spiro atoms. The quantitative estimate of drug-likeness (QED) is 0.703. The number of carboxylic acid groups (broad SMARTS) is 1. The van der Waals surface area contributed by atoms with Gasteiger partial charge >= 0.3 is 5.97 Å². The maximum atomic E-state index is 11.2. The van der Waals surface area contributed by atoms with E-state index in [1.807, 2.05) is 53.9 Å². The van der Waals surface area contributed by atoms with Crippen molar-refractivity contribution in [2.45, 2.75) is 12.3 Å². The Morgan fingerprint density at radius 1 is 1.22 bits per heavy atom. The van der Waals surface area contributed by atoms with Crippen LogP contribution in [0.15, 0.2) is 60.1 Å². The molecule has 0 radical (unpaired) electrons. The number of thiazole rings is 1. The second-order valence-corrected chi connectivity index (χ2v) is 6.46. The van der Waals surface area contributed by atoms with Gasteiger partial charge in [-0.15, -0.1) is 11.3 Å². The van der Waals surface area contributed by atoms with Crippen LogP contribution in [-0.4, -0.2) is 16.1 Å². The molecule has 23 heavy (non-hydrogen) atoms. The van der Waals surface area contributed by atoms with Crippen molar-refractivity contribution >= 4 is 28.9 Å². The first-order valence-electron chi connectivity index (χ1n) is 7.11. The highest BCUT2D eigenvalue weighted by Crippen LogP contribution is 2.34. The van der Waals surface area contributed by atoms with Gasteiger partial charge in [0, 0.05) is 28.1 Å². The first kappa shape index (κ1) is 15.7. The lowest BCUT2D eigenvalue weighted by molar-refractivity contribution is -0.137. The molecule has 3 rings (SSSR count). The highest BCUT2D eigenvalue weighted by molar-refractivity contribution is 7.09. The van der Waals surface area contributed by atoms with Crippen LogP contribution in [0.4, 0.5) is 0 Å². The molecule has 0 amide bonds. The summed E-state index contributed by atoms with van der Waals surface area (Å²) in [6, 6.07) is 15.5. The Balaban J connectivity index is 2.03. The summed E-state index contributed by atoms with van der Waals surface area (Å²) in [5, 5.41) is 12.6. The molecule has 0 saturated heterocycles. The van der Waals surface area contributed by atoms with Gasteiger partial charge in [0.1, 0.15) is 5.01 Å². The lowest BCUT2D eigenvalue weighted by Crippen LogP contribution is -2.07. The fourth-order valence-electron chi connectivity index (χ4n) is 2.55. The average molecular weight is 344 g/mol. The van der Waals surface area contributed by atoms with Crippen molar-refractivity contribution in [3.63, 3.8) is 0 Å². The van der Waals surface area contributed by atoms with Crippen LogP contribution >= 0.6 is 22.9 Å². The van der Waals surface area contributed by atoms with Crippen molar-refractivity contribution in [1.29, 1.82) is 0 Å². The monoisotopic (exact) mass is 343 g/mol. The Labute approximate surface area is 143 Å². The number of rotatable bonds is 5. The predicted molar refractivity (Wildman–Crippen MR) is 93.1 cm³/mol. The summed E-state index contributed by atoms with van der Waals surface area (Å²) in [7, 11) is 0. The number of nitrogens with zero attached hydrogens (tertiary/aromatic N) is 1. The van der Waals surface area contributed by atoms with Crippen LogP contribution in [0.5, 0.6) is 0 Å². The van der Waals surface area contributed by atoms with Crippen LogP contribution < -0.4 is 0 Å². The maximum Gasteiger partial charge on any atom is 0.304 e. The number of aliphatic carboxylic acids is 1. The van der Waals surface area contributed by atoms with E-state index in [1.54, 1.807) is 6.20 Å². The second-order valence-electron chi connectivity index (χ2n) is 5.13. The maximum absolute atomic E-state index is 11.2. The SMILES string of the molecule is O=C(O)CC(c1cccc(-c2ccccc2Cl)c1)c1nccs1. The molecule has 0 fully saturated rings. The Morgan fingerprint density at radius 2 is 2.04 bits per heavy atom. The Kier molecular flexibility index (Phi) is 4.74. The number of aromatic nitrogens is 1. The number of halogens is 1. The van der Waals surface area contributed by atoms with Crippen molar-refractivity contribution in [3.8, 4) is 11.1 Å². The number of hydrogen-bond donors (Lipinski definition) is 1. The molecule has 2 aromatic carbocycles. The summed E-state index contributed by atoms with van der Waals surface area (Å²) in [6.07, 6.45) is 1.71. The van der Waals surface area contributed by atoms with Gasteiger partial charge < -0.3 is 5.11 Å². The first-order chi connectivity index (χ1) is 11.1. The van der Waals surface area contributed by atoms with E-state index in [-0.39, 0.29) is 12.3 Å². The van der Waals surface area contributed by atoms with E-state index in [2.05, 4.69) is 4.98 Å². The second kappa shape index (κ2) is 6.94. The van der Waals surface area contributed by atoms with E-state index in [0.29, 0.717) is 5.02 Å².